The van der Waals surface area contributed by atoms with Crippen molar-refractivity contribution in [3.05, 3.63) is 0 Å². The van der Waals surface area contributed by atoms with Gasteiger partial charge in [-0.3, -0.25) is 0 Å². The van der Waals surface area contributed by atoms with Crippen molar-refractivity contribution in [1.82, 2.24) is 0 Å². The molecular formula is C13H24O10. The second-order valence-corrected chi connectivity index (χ2v) is 5.90. The molecule has 10 heteroatoms. The minimum absolute atomic E-state index is 0.507. The van der Waals surface area contributed by atoms with Gasteiger partial charge in [0.1, 0.15) is 36.6 Å². The van der Waals surface area contributed by atoms with E-state index >= 15 is 0 Å². The molecule has 2 saturated heterocycles. The Labute approximate surface area is 132 Å². The van der Waals surface area contributed by atoms with E-state index in [-0.39, 0.29) is 0 Å². The molecule has 136 valence electrons. The van der Waals surface area contributed by atoms with Gasteiger partial charge in [-0.2, -0.15) is 0 Å². The standard InChI is InChI=1S/C13H24O10/c1-4-7(16)5(2-14)22-13(8(4)17)23-11-6(3-15)21-12(20)10(19)9(11)18/h4-20H,2-3H2,1H3. The summed E-state index contributed by atoms with van der Waals surface area (Å²) in [6, 6.07) is 0. The molecule has 0 amide bonds. The Hall–Kier alpha value is -0.400. The summed E-state index contributed by atoms with van der Waals surface area (Å²) in [5.41, 5.74) is 0. The van der Waals surface area contributed by atoms with E-state index in [0.29, 0.717) is 0 Å². The molecule has 2 aliphatic rings. The van der Waals surface area contributed by atoms with Crippen LogP contribution in [0.1, 0.15) is 6.92 Å². The fourth-order valence-corrected chi connectivity index (χ4v) is 2.78. The normalized spacial score (nSPS) is 51.7. The molecule has 2 rings (SSSR count). The molecule has 2 aliphatic heterocycles. The van der Waals surface area contributed by atoms with E-state index in [4.69, 9.17) is 14.2 Å². The van der Waals surface area contributed by atoms with E-state index in [1.54, 1.807) is 0 Å². The van der Waals surface area contributed by atoms with Crippen LogP contribution in [0.15, 0.2) is 0 Å². The Kier molecular flexibility index (Phi) is 6.30. The highest BCUT2D eigenvalue weighted by Crippen LogP contribution is 2.30. The Balaban J connectivity index is 2.11. The molecule has 0 saturated carbocycles. The van der Waals surface area contributed by atoms with E-state index in [1.165, 1.54) is 6.92 Å². The first-order valence-electron chi connectivity index (χ1n) is 7.40. The second kappa shape index (κ2) is 7.66. The van der Waals surface area contributed by atoms with E-state index in [2.05, 4.69) is 0 Å². The van der Waals surface area contributed by atoms with E-state index in [9.17, 15) is 35.7 Å². The molecule has 10 atom stereocenters. The van der Waals surface area contributed by atoms with Gasteiger partial charge in [-0.1, -0.05) is 6.92 Å². The fourth-order valence-electron chi connectivity index (χ4n) is 2.78. The molecule has 2 fully saturated rings. The Morgan fingerprint density at radius 1 is 0.783 bits per heavy atom. The lowest BCUT2D eigenvalue weighted by molar-refractivity contribution is -0.350. The van der Waals surface area contributed by atoms with Crippen LogP contribution >= 0.6 is 0 Å². The summed E-state index contributed by atoms with van der Waals surface area (Å²) in [5.74, 6) is -0.685. The summed E-state index contributed by atoms with van der Waals surface area (Å²) in [4.78, 5) is 0. The van der Waals surface area contributed by atoms with E-state index in [0.717, 1.165) is 0 Å². The summed E-state index contributed by atoms with van der Waals surface area (Å²) >= 11 is 0. The summed E-state index contributed by atoms with van der Waals surface area (Å²) in [6.45, 7) is 0.412. The second-order valence-electron chi connectivity index (χ2n) is 5.90. The first-order chi connectivity index (χ1) is 10.8. The van der Waals surface area contributed by atoms with E-state index < -0.39 is 74.4 Å². The third kappa shape index (κ3) is 3.66. The maximum absolute atomic E-state index is 10.1. The molecule has 23 heavy (non-hydrogen) atoms. The summed E-state index contributed by atoms with van der Waals surface area (Å²) in [6.07, 6.45) is -12.1. The predicted molar refractivity (Wildman–Crippen MR) is 71.8 cm³/mol. The number of ether oxygens (including phenoxy) is 3. The van der Waals surface area contributed by atoms with Crippen molar-refractivity contribution < 1.29 is 50.0 Å². The lowest BCUT2D eigenvalue weighted by atomic mass is 9.90. The van der Waals surface area contributed by atoms with Crippen LogP contribution in [0.5, 0.6) is 0 Å². The number of aliphatic hydroxyl groups excluding tert-OH is 7. The average Bonchev–Trinajstić information content (AvgIpc) is 2.55. The quantitative estimate of drug-likeness (QED) is 0.267. The molecule has 10 nitrogen and oxygen atoms in total. The van der Waals surface area contributed by atoms with Crippen molar-refractivity contribution in [2.75, 3.05) is 13.2 Å². The van der Waals surface area contributed by atoms with Gasteiger partial charge in [0.25, 0.3) is 0 Å². The van der Waals surface area contributed by atoms with Crippen molar-refractivity contribution in [2.45, 2.75) is 62.2 Å². The zero-order valence-electron chi connectivity index (χ0n) is 12.5. The SMILES string of the molecule is CC1C(O)C(CO)OC(OC2C(CO)OC(O)C(O)C2O)C1O. The zero-order chi connectivity index (χ0) is 17.3. The Bertz CT molecular complexity index is 378. The van der Waals surface area contributed by atoms with Crippen LogP contribution < -0.4 is 0 Å². The van der Waals surface area contributed by atoms with Crippen molar-refractivity contribution in [2.24, 2.45) is 5.92 Å². The highest BCUT2D eigenvalue weighted by Gasteiger charge is 2.49. The van der Waals surface area contributed by atoms with Crippen LogP contribution in [-0.2, 0) is 14.2 Å². The predicted octanol–water partition coefficient (Wildman–Crippen LogP) is -4.12. The van der Waals surface area contributed by atoms with Crippen molar-refractivity contribution in [1.29, 1.82) is 0 Å². The van der Waals surface area contributed by atoms with E-state index in [1.807, 2.05) is 0 Å². The molecule has 0 aromatic carbocycles. The van der Waals surface area contributed by atoms with Gasteiger partial charge in [0.15, 0.2) is 12.6 Å². The van der Waals surface area contributed by atoms with Gasteiger partial charge >= 0.3 is 0 Å². The van der Waals surface area contributed by atoms with Crippen molar-refractivity contribution in [3.63, 3.8) is 0 Å². The average molecular weight is 340 g/mol. The molecule has 0 aromatic heterocycles. The van der Waals surface area contributed by atoms with Crippen LogP contribution in [0, 0.1) is 5.92 Å². The van der Waals surface area contributed by atoms with Crippen LogP contribution in [0.25, 0.3) is 0 Å². The Morgan fingerprint density at radius 3 is 1.96 bits per heavy atom. The molecular weight excluding hydrogens is 316 g/mol. The maximum atomic E-state index is 10.1. The van der Waals surface area contributed by atoms with Crippen LogP contribution in [0.3, 0.4) is 0 Å². The van der Waals surface area contributed by atoms with Gasteiger partial charge < -0.3 is 50.0 Å². The highest BCUT2D eigenvalue weighted by atomic mass is 16.7. The third-order valence-electron chi connectivity index (χ3n) is 4.36. The minimum Gasteiger partial charge on any atom is -0.394 e. The monoisotopic (exact) mass is 340 g/mol. The van der Waals surface area contributed by atoms with Gasteiger partial charge in [-0.25, -0.2) is 0 Å². The highest BCUT2D eigenvalue weighted by molar-refractivity contribution is 4.92. The van der Waals surface area contributed by atoms with Crippen LogP contribution in [-0.4, -0.2) is 104 Å². The maximum Gasteiger partial charge on any atom is 0.184 e. The number of rotatable bonds is 4. The molecule has 0 aromatic rings. The minimum atomic E-state index is -1.69. The van der Waals surface area contributed by atoms with Crippen molar-refractivity contribution in [3.8, 4) is 0 Å². The number of hydrogen-bond donors (Lipinski definition) is 7. The topological polar surface area (TPSA) is 169 Å². The molecule has 0 bridgehead atoms. The Morgan fingerprint density at radius 2 is 1.39 bits per heavy atom. The molecule has 0 aliphatic carbocycles. The summed E-state index contributed by atoms with van der Waals surface area (Å²) in [5, 5.41) is 67.6. The molecule has 7 N–H and O–H groups in total. The first-order valence-corrected chi connectivity index (χ1v) is 7.40. The zero-order valence-corrected chi connectivity index (χ0v) is 12.5. The smallest absolute Gasteiger partial charge is 0.184 e. The van der Waals surface area contributed by atoms with Crippen molar-refractivity contribution >= 4 is 0 Å². The van der Waals surface area contributed by atoms with Gasteiger partial charge in [0.05, 0.1) is 19.3 Å². The lowest BCUT2D eigenvalue weighted by Crippen LogP contribution is -2.63. The van der Waals surface area contributed by atoms with Crippen LogP contribution in [0.2, 0.25) is 0 Å². The third-order valence-corrected chi connectivity index (χ3v) is 4.36. The molecule has 2 heterocycles. The molecule has 10 unspecified atom stereocenters. The molecule has 0 radical (unpaired) electrons. The lowest BCUT2D eigenvalue weighted by Gasteiger charge is -2.45. The summed E-state index contributed by atoms with van der Waals surface area (Å²) in [7, 11) is 0. The van der Waals surface area contributed by atoms with Gasteiger partial charge in [0, 0.05) is 5.92 Å². The first kappa shape index (κ1) is 18.9. The number of hydrogen-bond acceptors (Lipinski definition) is 10. The van der Waals surface area contributed by atoms with Gasteiger partial charge in [-0.15, -0.1) is 0 Å². The summed E-state index contributed by atoms with van der Waals surface area (Å²) < 4.78 is 15.6. The molecule has 0 spiro atoms. The number of aliphatic hydroxyl groups is 7. The fraction of sp³-hybridized carbons (Fsp3) is 1.00. The van der Waals surface area contributed by atoms with Gasteiger partial charge in [0.2, 0.25) is 0 Å². The largest absolute Gasteiger partial charge is 0.394 e. The van der Waals surface area contributed by atoms with Gasteiger partial charge in [-0.05, 0) is 0 Å². The van der Waals surface area contributed by atoms with Crippen LogP contribution in [0.4, 0.5) is 0 Å².